The fourth-order valence-electron chi connectivity index (χ4n) is 2.79. The van der Waals surface area contributed by atoms with Gasteiger partial charge in [0, 0.05) is 5.56 Å². The van der Waals surface area contributed by atoms with Gasteiger partial charge in [0.2, 0.25) is 0 Å². The topological polar surface area (TPSA) is 88.7 Å². The summed E-state index contributed by atoms with van der Waals surface area (Å²) in [5.74, 6) is 0.270. The molecule has 0 aliphatic heterocycles. The molecule has 0 saturated carbocycles. The Balaban J connectivity index is 1.41. The van der Waals surface area contributed by atoms with Gasteiger partial charge in [-0.2, -0.15) is 0 Å². The molecule has 0 aromatic heterocycles. The second-order valence-corrected chi connectivity index (χ2v) is 7.00. The largest absolute Gasteiger partial charge is 0.494 e. The Hall–Kier alpha value is -3.91. The van der Waals surface area contributed by atoms with Crippen molar-refractivity contribution in [2.24, 2.45) is 0 Å². The maximum atomic E-state index is 12.3. The Labute approximate surface area is 191 Å². The lowest BCUT2D eigenvalue weighted by atomic mass is 10.1. The molecule has 0 heterocycles. The summed E-state index contributed by atoms with van der Waals surface area (Å²) in [7, 11) is 0. The highest BCUT2D eigenvalue weighted by Crippen LogP contribution is 2.21. The fraction of sp³-hybridized carbons (Fsp3) is 0.125. The van der Waals surface area contributed by atoms with E-state index in [-0.39, 0.29) is 11.7 Å². The fourth-order valence-corrected chi connectivity index (χ4v) is 2.93. The van der Waals surface area contributed by atoms with E-state index in [0.717, 1.165) is 11.1 Å². The standard InChI is InChI=1S/C24H23N3O4S/c1-2-30-21-10-6-9-19(15-21)23(29)25-24(32)27-26-22(28)16-31-20-13-11-18(12-14-20)17-7-4-3-5-8-17/h3-15H,2,16H2,1H3,(H,26,28)(H2,25,27,29,32). The van der Waals surface area contributed by atoms with Crippen LogP contribution in [0.3, 0.4) is 0 Å². The molecule has 0 unspecified atom stereocenters. The van der Waals surface area contributed by atoms with E-state index in [1.807, 2.05) is 49.4 Å². The van der Waals surface area contributed by atoms with Crippen molar-refractivity contribution in [3.8, 4) is 22.6 Å². The second-order valence-electron chi connectivity index (χ2n) is 6.60. The van der Waals surface area contributed by atoms with E-state index in [1.165, 1.54) is 0 Å². The maximum absolute atomic E-state index is 12.3. The van der Waals surface area contributed by atoms with Crippen molar-refractivity contribution in [2.75, 3.05) is 13.2 Å². The van der Waals surface area contributed by atoms with Crippen LogP contribution in [0.5, 0.6) is 11.5 Å². The summed E-state index contributed by atoms with van der Waals surface area (Å²) in [6.07, 6.45) is 0. The summed E-state index contributed by atoms with van der Waals surface area (Å²) in [5.41, 5.74) is 7.40. The molecule has 8 heteroatoms. The highest BCUT2D eigenvalue weighted by molar-refractivity contribution is 7.80. The van der Waals surface area contributed by atoms with Crippen LogP contribution in [0.4, 0.5) is 0 Å². The minimum atomic E-state index is -0.452. The Morgan fingerprint density at radius 2 is 1.53 bits per heavy atom. The van der Waals surface area contributed by atoms with Crippen LogP contribution >= 0.6 is 12.2 Å². The lowest BCUT2D eigenvalue weighted by Crippen LogP contribution is -2.49. The van der Waals surface area contributed by atoms with Gasteiger partial charge in [0.05, 0.1) is 6.61 Å². The molecule has 3 rings (SSSR count). The van der Waals surface area contributed by atoms with Gasteiger partial charge in [-0.05, 0) is 60.6 Å². The average molecular weight is 450 g/mol. The minimum absolute atomic E-state index is 0.0441. The van der Waals surface area contributed by atoms with E-state index in [2.05, 4.69) is 16.2 Å². The molecule has 0 aliphatic rings. The SMILES string of the molecule is CCOc1cccc(C(=O)NC(=S)NNC(=O)COc2ccc(-c3ccccc3)cc2)c1. The molecular weight excluding hydrogens is 426 g/mol. The molecule has 3 aromatic rings. The molecule has 0 saturated heterocycles. The molecule has 7 nitrogen and oxygen atoms in total. The van der Waals surface area contributed by atoms with E-state index >= 15 is 0 Å². The van der Waals surface area contributed by atoms with Crippen molar-refractivity contribution in [3.63, 3.8) is 0 Å². The third-order valence-corrected chi connectivity index (χ3v) is 4.49. The number of carbonyl (C=O) groups excluding carboxylic acids is 2. The zero-order valence-corrected chi connectivity index (χ0v) is 18.3. The van der Waals surface area contributed by atoms with E-state index in [4.69, 9.17) is 21.7 Å². The molecular formula is C24H23N3O4S. The van der Waals surface area contributed by atoms with Crippen LogP contribution in [-0.4, -0.2) is 30.1 Å². The number of hydrogen-bond donors (Lipinski definition) is 3. The summed E-state index contributed by atoms with van der Waals surface area (Å²) in [5, 5.41) is 2.44. The van der Waals surface area contributed by atoms with E-state index in [9.17, 15) is 9.59 Å². The number of rotatable bonds is 7. The molecule has 0 radical (unpaired) electrons. The third kappa shape index (κ3) is 6.82. The van der Waals surface area contributed by atoms with Crippen molar-refractivity contribution < 1.29 is 19.1 Å². The van der Waals surface area contributed by atoms with E-state index in [0.29, 0.717) is 23.7 Å². The van der Waals surface area contributed by atoms with Crippen molar-refractivity contribution in [1.29, 1.82) is 0 Å². The molecule has 164 valence electrons. The van der Waals surface area contributed by atoms with Crippen LogP contribution in [0.15, 0.2) is 78.9 Å². The highest BCUT2D eigenvalue weighted by atomic mass is 32.1. The van der Waals surface area contributed by atoms with Gasteiger partial charge >= 0.3 is 0 Å². The van der Waals surface area contributed by atoms with Gasteiger partial charge in [0.25, 0.3) is 11.8 Å². The normalized spacial score (nSPS) is 10.0. The molecule has 0 spiro atoms. The molecule has 2 amide bonds. The lowest BCUT2D eigenvalue weighted by Gasteiger charge is -2.12. The van der Waals surface area contributed by atoms with Crippen LogP contribution in [0.25, 0.3) is 11.1 Å². The predicted molar refractivity (Wildman–Crippen MR) is 126 cm³/mol. The van der Waals surface area contributed by atoms with Gasteiger partial charge in [-0.25, -0.2) is 0 Å². The summed E-state index contributed by atoms with van der Waals surface area (Å²) < 4.78 is 10.9. The summed E-state index contributed by atoms with van der Waals surface area (Å²) in [6.45, 7) is 2.14. The molecule has 3 aromatic carbocycles. The monoisotopic (exact) mass is 449 g/mol. The first kappa shape index (κ1) is 22.8. The quantitative estimate of drug-likeness (QED) is 0.378. The smallest absolute Gasteiger partial charge is 0.276 e. The average Bonchev–Trinajstić information content (AvgIpc) is 2.82. The number of amides is 2. The van der Waals surface area contributed by atoms with Crippen LogP contribution in [0.2, 0.25) is 0 Å². The van der Waals surface area contributed by atoms with Crippen LogP contribution in [0.1, 0.15) is 17.3 Å². The number of hydrazine groups is 1. The lowest BCUT2D eigenvalue weighted by molar-refractivity contribution is -0.123. The van der Waals surface area contributed by atoms with Gasteiger partial charge in [-0.3, -0.25) is 25.8 Å². The first-order valence-corrected chi connectivity index (χ1v) is 10.4. The molecule has 0 atom stereocenters. The minimum Gasteiger partial charge on any atom is -0.494 e. The van der Waals surface area contributed by atoms with Gasteiger partial charge in [-0.15, -0.1) is 0 Å². The first-order chi connectivity index (χ1) is 15.5. The third-order valence-electron chi connectivity index (χ3n) is 4.28. The molecule has 0 aliphatic carbocycles. The van der Waals surface area contributed by atoms with Gasteiger partial charge < -0.3 is 9.47 Å². The number of nitrogens with one attached hydrogen (secondary N) is 3. The Kier molecular flexibility index (Phi) is 8.16. The Morgan fingerprint density at radius 1 is 0.812 bits per heavy atom. The summed E-state index contributed by atoms with van der Waals surface area (Å²) in [6, 6.07) is 24.1. The molecule has 0 fully saturated rings. The van der Waals surface area contributed by atoms with Crippen molar-refractivity contribution in [1.82, 2.24) is 16.2 Å². The number of thiocarbonyl (C=S) groups is 1. The van der Waals surface area contributed by atoms with Gasteiger partial charge in [0.1, 0.15) is 11.5 Å². The zero-order valence-electron chi connectivity index (χ0n) is 17.5. The van der Waals surface area contributed by atoms with Crippen molar-refractivity contribution >= 4 is 29.1 Å². The van der Waals surface area contributed by atoms with Gasteiger partial charge in [-0.1, -0.05) is 48.5 Å². The van der Waals surface area contributed by atoms with Crippen molar-refractivity contribution in [2.45, 2.75) is 6.92 Å². The predicted octanol–water partition coefficient (Wildman–Crippen LogP) is 3.47. The summed E-state index contributed by atoms with van der Waals surface area (Å²) >= 11 is 5.04. The first-order valence-electron chi connectivity index (χ1n) is 9.96. The van der Waals surface area contributed by atoms with Crippen molar-refractivity contribution in [3.05, 3.63) is 84.4 Å². The zero-order chi connectivity index (χ0) is 22.8. The van der Waals surface area contributed by atoms with E-state index in [1.54, 1.807) is 36.4 Å². The number of carbonyl (C=O) groups is 2. The van der Waals surface area contributed by atoms with Crippen LogP contribution in [0, 0.1) is 0 Å². The highest BCUT2D eigenvalue weighted by Gasteiger charge is 2.10. The Bertz CT molecular complexity index is 1070. The molecule has 0 bridgehead atoms. The van der Waals surface area contributed by atoms with Crippen LogP contribution in [-0.2, 0) is 4.79 Å². The van der Waals surface area contributed by atoms with E-state index < -0.39 is 11.8 Å². The maximum Gasteiger partial charge on any atom is 0.276 e. The molecule has 32 heavy (non-hydrogen) atoms. The number of hydrogen-bond acceptors (Lipinski definition) is 5. The Morgan fingerprint density at radius 3 is 2.25 bits per heavy atom. The summed E-state index contributed by atoms with van der Waals surface area (Å²) in [4.78, 5) is 24.3. The number of benzene rings is 3. The van der Waals surface area contributed by atoms with Crippen LogP contribution < -0.4 is 25.6 Å². The molecule has 3 N–H and O–H groups in total. The second kappa shape index (κ2) is 11.5. The van der Waals surface area contributed by atoms with Gasteiger partial charge in [0.15, 0.2) is 11.7 Å². The number of ether oxygens (including phenoxy) is 2.